The molecule has 0 bridgehead atoms. The lowest BCUT2D eigenvalue weighted by molar-refractivity contribution is 1.13. The van der Waals surface area contributed by atoms with Crippen LogP contribution in [0.15, 0.2) is 24.3 Å². The van der Waals surface area contributed by atoms with E-state index in [-0.39, 0.29) is 0 Å². The van der Waals surface area contributed by atoms with Gasteiger partial charge < -0.3 is 0 Å². The maximum atomic E-state index is 6.34. The second-order valence-corrected chi connectivity index (χ2v) is 6.47. The first-order valence-corrected chi connectivity index (χ1v) is 7.82. The van der Waals surface area contributed by atoms with Crippen LogP contribution in [0, 0.1) is 13.8 Å². The standard InChI is InChI=1S/C16H15ClN2S/c1-4-11-6-5-7-12-14(11)18-16(19-15(12)17)13-8-9(2)10(3)20-13/h5-8H,4H2,1-3H3. The van der Waals surface area contributed by atoms with Gasteiger partial charge in [-0.25, -0.2) is 9.97 Å². The first-order valence-electron chi connectivity index (χ1n) is 6.62. The Morgan fingerprint density at radius 1 is 1.20 bits per heavy atom. The van der Waals surface area contributed by atoms with Gasteiger partial charge in [-0.15, -0.1) is 11.3 Å². The van der Waals surface area contributed by atoms with E-state index >= 15 is 0 Å². The van der Waals surface area contributed by atoms with Crippen LogP contribution in [0.2, 0.25) is 5.15 Å². The highest BCUT2D eigenvalue weighted by Gasteiger charge is 2.12. The van der Waals surface area contributed by atoms with Gasteiger partial charge in [-0.1, -0.05) is 30.7 Å². The van der Waals surface area contributed by atoms with Crippen molar-refractivity contribution < 1.29 is 0 Å². The highest BCUT2D eigenvalue weighted by molar-refractivity contribution is 7.15. The van der Waals surface area contributed by atoms with E-state index in [9.17, 15) is 0 Å². The molecule has 0 aliphatic carbocycles. The summed E-state index contributed by atoms with van der Waals surface area (Å²) in [6.45, 7) is 6.35. The van der Waals surface area contributed by atoms with Crippen molar-refractivity contribution in [1.29, 1.82) is 0 Å². The lowest BCUT2D eigenvalue weighted by Gasteiger charge is -2.06. The number of rotatable bonds is 2. The molecule has 1 aromatic carbocycles. The van der Waals surface area contributed by atoms with Crippen molar-refractivity contribution in [3.8, 4) is 10.7 Å². The van der Waals surface area contributed by atoms with E-state index in [2.05, 4.69) is 37.9 Å². The summed E-state index contributed by atoms with van der Waals surface area (Å²) in [5, 5.41) is 1.46. The molecule has 3 rings (SSSR count). The number of halogens is 1. The summed E-state index contributed by atoms with van der Waals surface area (Å²) in [6, 6.07) is 8.22. The summed E-state index contributed by atoms with van der Waals surface area (Å²) < 4.78 is 0. The Kier molecular flexibility index (Phi) is 3.48. The highest BCUT2D eigenvalue weighted by atomic mass is 35.5. The van der Waals surface area contributed by atoms with E-state index < -0.39 is 0 Å². The third-order valence-corrected chi connectivity index (χ3v) is 4.97. The Morgan fingerprint density at radius 2 is 2.00 bits per heavy atom. The van der Waals surface area contributed by atoms with Crippen LogP contribution >= 0.6 is 22.9 Å². The molecule has 0 radical (unpaired) electrons. The van der Waals surface area contributed by atoms with Crippen molar-refractivity contribution in [2.75, 3.05) is 0 Å². The van der Waals surface area contributed by atoms with Crippen molar-refractivity contribution in [1.82, 2.24) is 9.97 Å². The van der Waals surface area contributed by atoms with Crippen molar-refractivity contribution in [2.24, 2.45) is 0 Å². The van der Waals surface area contributed by atoms with Gasteiger partial charge in [0.05, 0.1) is 10.4 Å². The number of thiophene rings is 1. The molecule has 20 heavy (non-hydrogen) atoms. The molecule has 0 spiro atoms. The molecule has 0 N–H and O–H groups in total. The zero-order chi connectivity index (χ0) is 14.3. The summed E-state index contributed by atoms with van der Waals surface area (Å²) in [5.74, 6) is 0.726. The Bertz CT molecular complexity index is 773. The molecule has 0 atom stereocenters. The second-order valence-electron chi connectivity index (χ2n) is 4.85. The summed E-state index contributed by atoms with van der Waals surface area (Å²) in [5.41, 5.74) is 3.44. The lowest BCUT2D eigenvalue weighted by atomic mass is 10.1. The SMILES string of the molecule is CCc1cccc2c(Cl)nc(-c3cc(C)c(C)s3)nc12. The molecule has 3 aromatic rings. The molecule has 2 heterocycles. The quantitative estimate of drug-likeness (QED) is 0.609. The fraction of sp³-hybridized carbons (Fsp3) is 0.250. The largest absolute Gasteiger partial charge is 0.227 e. The van der Waals surface area contributed by atoms with Crippen LogP contribution in [0.1, 0.15) is 22.9 Å². The zero-order valence-corrected chi connectivity index (χ0v) is 13.3. The predicted molar refractivity (Wildman–Crippen MR) is 86.7 cm³/mol. The summed E-state index contributed by atoms with van der Waals surface area (Å²) in [7, 11) is 0. The van der Waals surface area contributed by atoms with Crippen molar-refractivity contribution >= 4 is 33.8 Å². The number of nitrogens with zero attached hydrogens (tertiary/aromatic N) is 2. The van der Waals surface area contributed by atoms with E-state index in [1.807, 2.05) is 12.1 Å². The molecule has 0 unspecified atom stereocenters. The van der Waals surface area contributed by atoms with Gasteiger partial charge in [0.25, 0.3) is 0 Å². The summed E-state index contributed by atoms with van der Waals surface area (Å²) in [6.07, 6.45) is 0.937. The molecular weight excluding hydrogens is 288 g/mol. The third kappa shape index (κ3) is 2.21. The average Bonchev–Trinajstić information content (AvgIpc) is 2.78. The van der Waals surface area contributed by atoms with Crippen LogP contribution in [-0.2, 0) is 6.42 Å². The van der Waals surface area contributed by atoms with E-state index in [1.165, 1.54) is 16.0 Å². The normalized spacial score (nSPS) is 11.2. The molecule has 0 aliphatic rings. The maximum Gasteiger partial charge on any atom is 0.171 e. The van der Waals surface area contributed by atoms with Crippen LogP contribution in [-0.4, -0.2) is 9.97 Å². The summed E-state index contributed by atoms with van der Waals surface area (Å²) in [4.78, 5) is 11.6. The number of benzene rings is 1. The van der Waals surface area contributed by atoms with Crippen LogP contribution in [0.3, 0.4) is 0 Å². The number of fused-ring (bicyclic) bond motifs is 1. The molecule has 0 aliphatic heterocycles. The lowest BCUT2D eigenvalue weighted by Crippen LogP contribution is -1.94. The first kappa shape index (κ1) is 13.5. The minimum atomic E-state index is 0.531. The fourth-order valence-electron chi connectivity index (χ4n) is 2.25. The van der Waals surface area contributed by atoms with Gasteiger partial charge in [0.1, 0.15) is 5.15 Å². The molecule has 0 saturated heterocycles. The molecule has 2 aromatic heterocycles. The number of aromatic nitrogens is 2. The Labute approximate surface area is 127 Å². The zero-order valence-electron chi connectivity index (χ0n) is 11.7. The molecule has 0 saturated carbocycles. The maximum absolute atomic E-state index is 6.34. The van der Waals surface area contributed by atoms with Crippen LogP contribution in [0.5, 0.6) is 0 Å². The van der Waals surface area contributed by atoms with Gasteiger partial charge in [-0.05, 0) is 43.5 Å². The molecule has 102 valence electrons. The number of para-hydroxylation sites is 1. The monoisotopic (exact) mass is 302 g/mol. The van der Waals surface area contributed by atoms with Gasteiger partial charge in [0.2, 0.25) is 0 Å². The van der Waals surface area contributed by atoms with Gasteiger partial charge in [0, 0.05) is 10.3 Å². The first-order chi connectivity index (χ1) is 9.60. The van der Waals surface area contributed by atoms with E-state index in [0.717, 1.165) is 28.0 Å². The molecular formula is C16H15ClN2S. The Balaban J connectivity index is 2.27. The highest BCUT2D eigenvalue weighted by Crippen LogP contribution is 2.32. The van der Waals surface area contributed by atoms with Crippen molar-refractivity contribution in [2.45, 2.75) is 27.2 Å². The van der Waals surface area contributed by atoms with Crippen LogP contribution in [0.25, 0.3) is 21.6 Å². The van der Waals surface area contributed by atoms with Gasteiger partial charge in [-0.3, -0.25) is 0 Å². The van der Waals surface area contributed by atoms with Crippen LogP contribution in [0.4, 0.5) is 0 Å². The second kappa shape index (κ2) is 5.15. The fourth-order valence-corrected chi connectivity index (χ4v) is 3.45. The third-order valence-electron chi connectivity index (χ3n) is 3.53. The van der Waals surface area contributed by atoms with Crippen LogP contribution < -0.4 is 0 Å². The van der Waals surface area contributed by atoms with Gasteiger partial charge >= 0.3 is 0 Å². The predicted octanol–water partition coefficient (Wildman–Crippen LogP) is 5.19. The molecule has 0 fully saturated rings. The average molecular weight is 303 g/mol. The number of aryl methyl sites for hydroxylation is 3. The Morgan fingerprint density at radius 3 is 2.65 bits per heavy atom. The van der Waals surface area contributed by atoms with Gasteiger partial charge in [0.15, 0.2) is 5.82 Å². The molecule has 4 heteroatoms. The number of hydrogen-bond donors (Lipinski definition) is 0. The minimum Gasteiger partial charge on any atom is -0.227 e. The molecule has 0 amide bonds. The smallest absolute Gasteiger partial charge is 0.171 e. The van der Waals surface area contributed by atoms with E-state index in [1.54, 1.807) is 11.3 Å². The molecule has 2 nitrogen and oxygen atoms in total. The van der Waals surface area contributed by atoms with E-state index in [4.69, 9.17) is 16.6 Å². The van der Waals surface area contributed by atoms with Crippen molar-refractivity contribution in [3.05, 3.63) is 45.4 Å². The van der Waals surface area contributed by atoms with Gasteiger partial charge in [-0.2, -0.15) is 0 Å². The topological polar surface area (TPSA) is 25.8 Å². The number of hydrogen-bond acceptors (Lipinski definition) is 3. The summed E-state index contributed by atoms with van der Waals surface area (Å²) >= 11 is 8.06. The minimum absolute atomic E-state index is 0.531. The Hall–Kier alpha value is -1.45. The van der Waals surface area contributed by atoms with E-state index in [0.29, 0.717) is 5.15 Å². The van der Waals surface area contributed by atoms with Crippen molar-refractivity contribution in [3.63, 3.8) is 0 Å².